The van der Waals surface area contributed by atoms with Gasteiger partial charge in [0.05, 0.1) is 11.8 Å². The van der Waals surface area contributed by atoms with Crippen LogP contribution >= 0.6 is 31.9 Å². The van der Waals surface area contributed by atoms with Crippen molar-refractivity contribution < 1.29 is 19.1 Å². The quantitative estimate of drug-likeness (QED) is 0.162. The van der Waals surface area contributed by atoms with Crippen LogP contribution in [0.2, 0.25) is 0 Å². The molecule has 3 aromatic carbocycles. The number of halogens is 2. The third kappa shape index (κ3) is 6.59. The average Bonchev–Trinajstić information content (AvgIpc) is 2.76. The molecule has 0 aliphatic carbocycles. The Morgan fingerprint density at radius 3 is 2.19 bits per heavy atom. The zero-order chi connectivity index (χ0) is 22.2. The number of benzene rings is 3. The Hall–Kier alpha value is -3.30. The molecule has 156 valence electrons. The van der Waals surface area contributed by atoms with Gasteiger partial charge in [-0.25, -0.2) is 10.2 Å². The van der Waals surface area contributed by atoms with E-state index in [1.54, 1.807) is 72.8 Å². The predicted octanol–water partition coefficient (Wildman–Crippen LogP) is 4.52. The highest BCUT2D eigenvalue weighted by Crippen LogP contribution is 2.19. The Balaban J connectivity index is 1.51. The second-order valence-corrected chi connectivity index (χ2v) is 7.87. The van der Waals surface area contributed by atoms with Crippen LogP contribution < -0.4 is 15.5 Å². The van der Waals surface area contributed by atoms with Crippen LogP contribution in [-0.2, 0) is 9.59 Å². The molecule has 3 rings (SSSR count). The van der Waals surface area contributed by atoms with Crippen molar-refractivity contribution in [1.82, 2.24) is 5.43 Å². The standard InChI is InChI=1S/C22H15Br2N3O4/c23-15-7-9-16(10-8-15)26-20(28)21(29)27-25-13-14-5-11-17(12-6-14)31-22(30)18-3-1-2-4-19(18)24/h1-13H,(H,26,28)(H,27,29)/b25-13+. The Bertz CT molecular complexity index is 1130. The zero-order valence-corrected chi connectivity index (χ0v) is 19.0. The van der Waals surface area contributed by atoms with Crippen molar-refractivity contribution in [2.24, 2.45) is 5.10 Å². The van der Waals surface area contributed by atoms with Crippen LogP contribution in [0, 0.1) is 0 Å². The van der Waals surface area contributed by atoms with Gasteiger partial charge in [0.1, 0.15) is 5.75 Å². The number of hydrogen-bond donors (Lipinski definition) is 2. The van der Waals surface area contributed by atoms with Gasteiger partial charge in [-0.3, -0.25) is 9.59 Å². The van der Waals surface area contributed by atoms with E-state index in [1.807, 2.05) is 0 Å². The molecule has 0 saturated heterocycles. The maximum absolute atomic E-state index is 12.2. The predicted molar refractivity (Wildman–Crippen MR) is 124 cm³/mol. The van der Waals surface area contributed by atoms with Gasteiger partial charge in [0, 0.05) is 14.6 Å². The molecule has 0 atom stereocenters. The topological polar surface area (TPSA) is 96.9 Å². The molecule has 0 bridgehead atoms. The molecule has 2 N–H and O–H groups in total. The minimum atomic E-state index is -0.904. The van der Waals surface area contributed by atoms with Gasteiger partial charge < -0.3 is 10.1 Å². The number of carbonyl (C=O) groups excluding carboxylic acids is 3. The highest BCUT2D eigenvalue weighted by Gasteiger charge is 2.13. The lowest BCUT2D eigenvalue weighted by Crippen LogP contribution is -2.32. The van der Waals surface area contributed by atoms with Crippen LogP contribution in [0.25, 0.3) is 0 Å². The summed E-state index contributed by atoms with van der Waals surface area (Å²) < 4.78 is 6.83. The Morgan fingerprint density at radius 2 is 1.52 bits per heavy atom. The van der Waals surface area contributed by atoms with Crippen molar-refractivity contribution in [2.45, 2.75) is 0 Å². The first-order valence-corrected chi connectivity index (χ1v) is 10.5. The largest absolute Gasteiger partial charge is 0.423 e. The number of carbonyl (C=O) groups is 3. The molecule has 3 aromatic rings. The molecule has 0 fully saturated rings. The van der Waals surface area contributed by atoms with Crippen LogP contribution in [-0.4, -0.2) is 24.0 Å². The smallest absolute Gasteiger partial charge is 0.344 e. The zero-order valence-electron chi connectivity index (χ0n) is 15.8. The summed E-state index contributed by atoms with van der Waals surface area (Å²) >= 11 is 6.60. The molecule has 0 aliphatic heterocycles. The summed E-state index contributed by atoms with van der Waals surface area (Å²) in [4.78, 5) is 35.9. The fourth-order valence-electron chi connectivity index (χ4n) is 2.35. The van der Waals surface area contributed by atoms with Crippen molar-refractivity contribution in [3.05, 3.63) is 92.9 Å². The summed E-state index contributed by atoms with van der Waals surface area (Å²) in [6.45, 7) is 0. The van der Waals surface area contributed by atoms with Gasteiger partial charge >= 0.3 is 17.8 Å². The summed E-state index contributed by atoms with van der Waals surface area (Å²) in [5.74, 6) is -1.87. The van der Waals surface area contributed by atoms with Gasteiger partial charge in [0.25, 0.3) is 0 Å². The lowest BCUT2D eigenvalue weighted by atomic mass is 10.2. The molecule has 0 radical (unpaired) electrons. The minimum Gasteiger partial charge on any atom is -0.423 e. The first-order valence-electron chi connectivity index (χ1n) is 8.89. The number of amides is 2. The first kappa shape index (κ1) is 22.4. The van der Waals surface area contributed by atoms with Crippen LogP contribution in [0.3, 0.4) is 0 Å². The Morgan fingerprint density at radius 1 is 0.839 bits per heavy atom. The van der Waals surface area contributed by atoms with E-state index in [0.717, 1.165) is 4.47 Å². The average molecular weight is 545 g/mol. The Labute approximate surface area is 194 Å². The molecule has 0 aliphatic rings. The van der Waals surface area contributed by atoms with Gasteiger partial charge in [-0.15, -0.1) is 0 Å². The number of rotatable bonds is 5. The number of ether oxygens (including phenoxy) is 1. The molecule has 9 heteroatoms. The highest BCUT2D eigenvalue weighted by atomic mass is 79.9. The Kier molecular flexibility index (Phi) is 7.69. The van der Waals surface area contributed by atoms with E-state index >= 15 is 0 Å². The van der Waals surface area contributed by atoms with E-state index in [-0.39, 0.29) is 0 Å². The van der Waals surface area contributed by atoms with Crippen molar-refractivity contribution >= 4 is 61.5 Å². The number of nitrogens with one attached hydrogen (secondary N) is 2. The van der Waals surface area contributed by atoms with Crippen molar-refractivity contribution in [2.75, 3.05) is 5.32 Å². The van der Waals surface area contributed by atoms with Gasteiger partial charge in [0.2, 0.25) is 0 Å². The van der Waals surface area contributed by atoms with E-state index < -0.39 is 17.8 Å². The molecule has 2 amide bonds. The van der Waals surface area contributed by atoms with Crippen molar-refractivity contribution in [3.8, 4) is 5.75 Å². The number of hydrazone groups is 1. The molecule has 0 aromatic heterocycles. The number of esters is 1. The second kappa shape index (κ2) is 10.6. The molecule has 0 saturated carbocycles. The van der Waals surface area contributed by atoms with Crippen LogP contribution in [0.15, 0.2) is 86.8 Å². The summed E-state index contributed by atoms with van der Waals surface area (Å²) in [5, 5.41) is 6.22. The molecule has 0 spiro atoms. The van der Waals surface area contributed by atoms with E-state index in [9.17, 15) is 14.4 Å². The second-order valence-electron chi connectivity index (χ2n) is 6.10. The molecule has 0 heterocycles. The molecule has 31 heavy (non-hydrogen) atoms. The van der Waals surface area contributed by atoms with E-state index in [4.69, 9.17) is 4.74 Å². The molecular weight excluding hydrogens is 530 g/mol. The van der Waals surface area contributed by atoms with Crippen molar-refractivity contribution in [3.63, 3.8) is 0 Å². The maximum Gasteiger partial charge on any atom is 0.344 e. The normalized spacial score (nSPS) is 10.5. The van der Waals surface area contributed by atoms with Gasteiger partial charge in [-0.1, -0.05) is 28.1 Å². The van der Waals surface area contributed by atoms with Gasteiger partial charge in [0.15, 0.2) is 0 Å². The van der Waals surface area contributed by atoms with E-state index in [2.05, 4.69) is 47.7 Å². The van der Waals surface area contributed by atoms with Gasteiger partial charge in [-0.2, -0.15) is 5.10 Å². The monoisotopic (exact) mass is 543 g/mol. The number of nitrogens with zero attached hydrogens (tertiary/aromatic N) is 1. The van der Waals surface area contributed by atoms with Crippen LogP contribution in [0.5, 0.6) is 5.75 Å². The van der Waals surface area contributed by atoms with Gasteiger partial charge in [-0.05, 0) is 82.2 Å². The summed E-state index contributed by atoms with van der Waals surface area (Å²) in [5.41, 5.74) is 3.69. The van der Waals surface area contributed by atoms with Crippen LogP contribution in [0.4, 0.5) is 5.69 Å². The maximum atomic E-state index is 12.2. The van der Waals surface area contributed by atoms with Crippen LogP contribution in [0.1, 0.15) is 15.9 Å². The van der Waals surface area contributed by atoms with E-state index in [1.165, 1.54) is 6.21 Å². The molecular formula is C22H15Br2N3O4. The van der Waals surface area contributed by atoms with Crippen molar-refractivity contribution in [1.29, 1.82) is 0 Å². The lowest BCUT2D eigenvalue weighted by molar-refractivity contribution is -0.136. The highest BCUT2D eigenvalue weighted by molar-refractivity contribution is 9.10. The fraction of sp³-hybridized carbons (Fsp3) is 0. The summed E-state index contributed by atoms with van der Waals surface area (Å²) in [6.07, 6.45) is 1.37. The molecule has 0 unspecified atom stereocenters. The lowest BCUT2D eigenvalue weighted by Gasteiger charge is -2.06. The van der Waals surface area contributed by atoms with E-state index in [0.29, 0.717) is 27.0 Å². The summed E-state index contributed by atoms with van der Waals surface area (Å²) in [6, 6.07) is 20.2. The SMILES string of the molecule is O=C(N/N=C/c1ccc(OC(=O)c2ccccc2Br)cc1)C(=O)Nc1ccc(Br)cc1. The third-order valence-electron chi connectivity index (χ3n) is 3.87. The number of anilines is 1. The summed E-state index contributed by atoms with van der Waals surface area (Å²) in [7, 11) is 0. The molecule has 7 nitrogen and oxygen atoms in total. The minimum absolute atomic E-state index is 0.357. The first-order chi connectivity index (χ1) is 14.9. The number of hydrogen-bond acceptors (Lipinski definition) is 5. The fourth-order valence-corrected chi connectivity index (χ4v) is 3.06. The third-order valence-corrected chi connectivity index (χ3v) is 5.09.